The van der Waals surface area contributed by atoms with E-state index in [1.54, 1.807) is 0 Å². The summed E-state index contributed by atoms with van der Waals surface area (Å²) < 4.78 is 5.50. The largest absolute Gasteiger partial charge is 0.491 e. The summed E-state index contributed by atoms with van der Waals surface area (Å²) in [5.74, 6) is 2.15. The number of rotatable bonds is 6. The number of aryl methyl sites for hydroxylation is 1. The molecule has 0 unspecified atom stereocenters. The average Bonchev–Trinajstić information content (AvgIpc) is 2.60. The second kappa shape index (κ2) is 8.22. The molecule has 1 N–H and O–H groups in total. The molecule has 1 aliphatic rings. The van der Waals surface area contributed by atoms with Crippen LogP contribution >= 0.6 is 0 Å². The smallest absolute Gasteiger partial charge is 0.125 e. The molecule has 1 aromatic carbocycles. The third-order valence-electron chi connectivity index (χ3n) is 4.39. The zero-order chi connectivity index (χ0) is 16.8. The van der Waals surface area contributed by atoms with E-state index >= 15 is 0 Å². The fraction of sp³-hybridized carbons (Fsp3) is 0.474. The Labute approximate surface area is 143 Å². The Morgan fingerprint density at radius 3 is 3.08 bits per heavy atom. The molecule has 1 aliphatic heterocycles. The van der Waals surface area contributed by atoms with E-state index in [0.29, 0.717) is 12.5 Å². The Balaban J connectivity index is 1.63. The molecule has 0 saturated carbocycles. The minimum absolute atomic E-state index is 0.0381. The van der Waals surface area contributed by atoms with Crippen LogP contribution in [0, 0.1) is 6.92 Å². The molecule has 1 aromatic heterocycles. The van der Waals surface area contributed by atoms with Crippen LogP contribution in [0.1, 0.15) is 35.8 Å². The Hall–Kier alpha value is -1.98. The van der Waals surface area contributed by atoms with Crippen LogP contribution in [0.3, 0.4) is 0 Å². The molecular weight excluding hydrogens is 302 g/mol. The first-order chi connectivity index (χ1) is 11.7. The quantitative estimate of drug-likeness (QED) is 0.883. The SMILES string of the molecule is Cc1nccc([C@H]2CCCN(Cc3cccc(OCCO)c3)C2)n1. The van der Waals surface area contributed by atoms with Gasteiger partial charge in [-0.15, -0.1) is 0 Å². The third kappa shape index (κ3) is 4.52. The van der Waals surface area contributed by atoms with Crippen LogP contribution < -0.4 is 4.74 Å². The van der Waals surface area contributed by atoms with Crippen molar-refractivity contribution in [3.63, 3.8) is 0 Å². The molecule has 5 nitrogen and oxygen atoms in total. The number of piperidine rings is 1. The van der Waals surface area contributed by atoms with E-state index in [4.69, 9.17) is 9.84 Å². The van der Waals surface area contributed by atoms with Crippen LogP contribution in [0.15, 0.2) is 36.5 Å². The standard InChI is InChI=1S/C19H25N3O2/c1-15-20-8-7-19(21-15)17-5-3-9-22(14-17)13-16-4-2-6-18(12-16)24-11-10-23/h2,4,6-8,12,17,23H,3,5,9-11,13-14H2,1H3/t17-/m0/s1. The van der Waals surface area contributed by atoms with Gasteiger partial charge in [0.1, 0.15) is 18.2 Å². The molecule has 1 saturated heterocycles. The maximum Gasteiger partial charge on any atom is 0.125 e. The number of aliphatic hydroxyl groups is 1. The van der Waals surface area contributed by atoms with Gasteiger partial charge in [0.05, 0.1) is 6.61 Å². The number of likely N-dealkylation sites (tertiary alicyclic amines) is 1. The first-order valence-corrected chi connectivity index (χ1v) is 8.59. The van der Waals surface area contributed by atoms with Gasteiger partial charge in [0.2, 0.25) is 0 Å². The molecule has 0 amide bonds. The Bertz CT molecular complexity index is 663. The monoisotopic (exact) mass is 327 g/mol. The van der Waals surface area contributed by atoms with Crippen LogP contribution in [-0.2, 0) is 6.54 Å². The fourth-order valence-corrected chi connectivity index (χ4v) is 3.30. The third-order valence-corrected chi connectivity index (χ3v) is 4.39. The first kappa shape index (κ1) is 16.9. The van der Waals surface area contributed by atoms with E-state index < -0.39 is 0 Å². The summed E-state index contributed by atoms with van der Waals surface area (Å²) in [5.41, 5.74) is 2.40. The number of aromatic nitrogens is 2. The number of hydrogen-bond donors (Lipinski definition) is 1. The van der Waals surface area contributed by atoms with Crippen molar-refractivity contribution < 1.29 is 9.84 Å². The summed E-state index contributed by atoms with van der Waals surface area (Å²) in [4.78, 5) is 11.3. The molecule has 1 atom stereocenters. The van der Waals surface area contributed by atoms with Crippen molar-refractivity contribution >= 4 is 0 Å². The number of hydrogen-bond acceptors (Lipinski definition) is 5. The molecule has 0 bridgehead atoms. The lowest BCUT2D eigenvalue weighted by Gasteiger charge is -2.32. The van der Waals surface area contributed by atoms with Gasteiger partial charge in [-0.3, -0.25) is 4.90 Å². The molecule has 5 heteroatoms. The Kier molecular flexibility index (Phi) is 5.77. The summed E-state index contributed by atoms with van der Waals surface area (Å²) in [7, 11) is 0. The topological polar surface area (TPSA) is 58.5 Å². The lowest BCUT2D eigenvalue weighted by Crippen LogP contribution is -2.34. The highest BCUT2D eigenvalue weighted by atomic mass is 16.5. The highest BCUT2D eigenvalue weighted by molar-refractivity contribution is 5.28. The van der Waals surface area contributed by atoms with Crippen molar-refractivity contribution in [3.8, 4) is 5.75 Å². The summed E-state index contributed by atoms with van der Waals surface area (Å²) in [5, 5.41) is 8.87. The van der Waals surface area contributed by atoms with Gasteiger partial charge in [-0.2, -0.15) is 0 Å². The molecule has 24 heavy (non-hydrogen) atoms. The average molecular weight is 327 g/mol. The summed E-state index contributed by atoms with van der Waals surface area (Å²) >= 11 is 0. The van der Waals surface area contributed by atoms with Crippen LogP contribution in [0.5, 0.6) is 5.75 Å². The number of benzene rings is 1. The van der Waals surface area contributed by atoms with E-state index in [1.807, 2.05) is 31.3 Å². The minimum atomic E-state index is 0.0381. The lowest BCUT2D eigenvalue weighted by molar-refractivity contribution is 0.195. The van der Waals surface area contributed by atoms with Crippen LogP contribution in [-0.4, -0.2) is 46.3 Å². The van der Waals surface area contributed by atoms with Gasteiger partial charge < -0.3 is 9.84 Å². The molecular formula is C19H25N3O2. The van der Waals surface area contributed by atoms with Crippen molar-refractivity contribution in [1.82, 2.24) is 14.9 Å². The maximum absolute atomic E-state index is 8.87. The Morgan fingerprint density at radius 2 is 2.25 bits per heavy atom. The number of aliphatic hydroxyl groups excluding tert-OH is 1. The van der Waals surface area contributed by atoms with Gasteiger partial charge in [0.15, 0.2) is 0 Å². The molecule has 2 heterocycles. The van der Waals surface area contributed by atoms with E-state index in [0.717, 1.165) is 36.9 Å². The minimum Gasteiger partial charge on any atom is -0.491 e. The summed E-state index contributed by atoms with van der Waals surface area (Å²) in [6.45, 7) is 5.37. The maximum atomic E-state index is 8.87. The van der Waals surface area contributed by atoms with E-state index in [2.05, 4.69) is 27.0 Å². The van der Waals surface area contributed by atoms with E-state index in [-0.39, 0.29) is 6.61 Å². The highest BCUT2D eigenvalue weighted by Gasteiger charge is 2.22. The van der Waals surface area contributed by atoms with Gasteiger partial charge in [-0.1, -0.05) is 12.1 Å². The molecule has 0 aliphatic carbocycles. The van der Waals surface area contributed by atoms with Gasteiger partial charge >= 0.3 is 0 Å². The molecule has 0 radical (unpaired) electrons. The first-order valence-electron chi connectivity index (χ1n) is 8.59. The van der Waals surface area contributed by atoms with Crippen molar-refractivity contribution in [3.05, 3.63) is 53.6 Å². The van der Waals surface area contributed by atoms with Gasteiger partial charge in [-0.25, -0.2) is 9.97 Å². The molecule has 1 fully saturated rings. The number of nitrogens with zero attached hydrogens (tertiary/aromatic N) is 3. The van der Waals surface area contributed by atoms with Crippen LogP contribution in [0.2, 0.25) is 0 Å². The lowest BCUT2D eigenvalue weighted by atomic mass is 9.94. The molecule has 128 valence electrons. The number of ether oxygens (including phenoxy) is 1. The molecule has 0 spiro atoms. The highest BCUT2D eigenvalue weighted by Crippen LogP contribution is 2.27. The fourth-order valence-electron chi connectivity index (χ4n) is 3.30. The van der Waals surface area contributed by atoms with Gasteiger partial charge in [0, 0.05) is 30.9 Å². The van der Waals surface area contributed by atoms with E-state index in [1.165, 1.54) is 18.4 Å². The predicted molar refractivity (Wildman–Crippen MR) is 93.0 cm³/mol. The van der Waals surface area contributed by atoms with Gasteiger partial charge in [-0.05, 0) is 50.1 Å². The zero-order valence-corrected chi connectivity index (χ0v) is 14.2. The van der Waals surface area contributed by atoms with Crippen molar-refractivity contribution in [2.45, 2.75) is 32.2 Å². The van der Waals surface area contributed by atoms with Crippen LogP contribution in [0.4, 0.5) is 0 Å². The van der Waals surface area contributed by atoms with E-state index in [9.17, 15) is 0 Å². The van der Waals surface area contributed by atoms with Crippen LogP contribution in [0.25, 0.3) is 0 Å². The van der Waals surface area contributed by atoms with Crippen molar-refractivity contribution in [1.29, 1.82) is 0 Å². The Morgan fingerprint density at radius 1 is 1.33 bits per heavy atom. The molecule has 2 aromatic rings. The predicted octanol–water partition coefficient (Wildman–Crippen LogP) is 2.54. The van der Waals surface area contributed by atoms with Gasteiger partial charge in [0.25, 0.3) is 0 Å². The second-order valence-corrected chi connectivity index (χ2v) is 6.32. The van der Waals surface area contributed by atoms with Crippen molar-refractivity contribution in [2.75, 3.05) is 26.3 Å². The molecule has 3 rings (SSSR count). The second-order valence-electron chi connectivity index (χ2n) is 6.32. The summed E-state index contributed by atoms with van der Waals surface area (Å²) in [6, 6.07) is 10.2. The zero-order valence-electron chi connectivity index (χ0n) is 14.2. The van der Waals surface area contributed by atoms with Crippen molar-refractivity contribution in [2.24, 2.45) is 0 Å². The normalized spacial score (nSPS) is 18.5. The summed E-state index contributed by atoms with van der Waals surface area (Å²) in [6.07, 6.45) is 4.24.